The van der Waals surface area contributed by atoms with Gasteiger partial charge in [0.25, 0.3) is 5.91 Å². The first-order valence-electron chi connectivity index (χ1n) is 7.17. The van der Waals surface area contributed by atoms with E-state index in [0.29, 0.717) is 32.1 Å². The zero-order valence-corrected chi connectivity index (χ0v) is 16.1. The smallest absolute Gasteiger partial charge is 0.272 e. The Labute approximate surface area is 158 Å². The molecule has 0 atom stereocenters. The van der Waals surface area contributed by atoms with E-state index in [2.05, 4.69) is 10.5 Å². The summed E-state index contributed by atoms with van der Waals surface area (Å²) >= 11 is 8.06. The van der Waals surface area contributed by atoms with E-state index < -0.39 is 5.91 Å². The van der Waals surface area contributed by atoms with Gasteiger partial charge in [0, 0.05) is 0 Å². The number of phenols is 1. The molecule has 2 N–H and O–H groups in total. The molecule has 0 aliphatic heterocycles. The van der Waals surface area contributed by atoms with Crippen LogP contribution in [0.4, 0.5) is 0 Å². The predicted molar refractivity (Wildman–Crippen MR) is 103 cm³/mol. The number of hydrogen-bond donors (Lipinski definition) is 2. The lowest BCUT2D eigenvalue weighted by molar-refractivity contribution is 0.0955. The molecule has 2 aromatic carbocycles. The van der Waals surface area contributed by atoms with Crippen LogP contribution in [0, 0.1) is 10.5 Å². The Bertz CT molecular complexity index is 794. The summed E-state index contributed by atoms with van der Waals surface area (Å²) in [6.45, 7) is 4.17. The van der Waals surface area contributed by atoms with Crippen LogP contribution in [0.1, 0.15) is 28.4 Å². The normalized spacial score (nSPS) is 10.8. The molecule has 7 heteroatoms. The number of amides is 1. The van der Waals surface area contributed by atoms with Crippen LogP contribution in [-0.4, -0.2) is 23.8 Å². The summed E-state index contributed by atoms with van der Waals surface area (Å²) in [6.07, 6.45) is 1.48. The number of benzene rings is 2. The number of nitrogens with zero attached hydrogens (tertiary/aromatic N) is 1. The fourth-order valence-electron chi connectivity index (χ4n) is 1.96. The van der Waals surface area contributed by atoms with Crippen LogP contribution >= 0.6 is 34.2 Å². The van der Waals surface area contributed by atoms with Crippen LogP contribution in [0.2, 0.25) is 5.02 Å². The fourth-order valence-corrected chi connectivity index (χ4v) is 2.91. The average Bonchev–Trinajstić information content (AvgIpc) is 2.52. The summed E-state index contributed by atoms with van der Waals surface area (Å²) in [7, 11) is 0. The molecule has 126 valence electrons. The van der Waals surface area contributed by atoms with Gasteiger partial charge in [-0.05, 0) is 71.8 Å². The van der Waals surface area contributed by atoms with Gasteiger partial charge in [-0.1, -0.05) is 17.7 Å². The third kappa shape index (κ3) is 4.61. The van der Waals surface area contributed by atoms with Gasteiger partial charge < -0.3 is 9.84 Å². The summed E-state index contributed by atoms with van der Waals surface area (Å²) in [5, 5.41) is 14.2. The number of aromatic hydroxyl groups is 1. The van der Waals surface area contributed by atoms with Gasteiger partial charge in [-0.15, -0.1) is 0 Å². The molecule has 0 heterocycles. The summed E-state index contributed by atoms with van der Waals surface area (Å²) < 4.78 is 5.99. The SMILES string of the molecule is CCOc1cc(C=NNC(=O)c2ccc(C)cc2Cl)cc(I)c1O. The monoisotopic (exact) mass is 458 g/mol. The molecule has 0 saturated carbocycles. The van der Waals surface area contributed by atoms with Gasteiger partial charge in [-0.3, -0.25) is 4.79 Å². The number of carbonyl (C=O) groups excluding carboxylic acids is 1. The van der Waals surface area contributed by atoms with Crippen LogP contribution in [0.5, 0.6) is 11.5 Å². The van der Waals surface area contributed by atoms with Crippen LogP contribution in [0.25, 0.3) is 0 Å². The van der Waals surface area contributed by atoms with Crippen LogP contribution in [0.3, 0.4) is 0 Å². The molecule has 0 bridgehead atoms. The molecule has 5 nitrogen and oxygen atoms in total. The van der Waals surface area contributed by atoms with Crippen molar-refractivity contribution in [1.29, 1.82) is 0 Å². The molecule has 1 amide bonds. The molecule has 0 fully saturated rings. The second kappa shape index (κ2) is 8.34. The number of hydrazone groups is 1. The first-order valence-corrected chi connectivity index (χ1v) is 8.63. The van der Waals surface area contributed by atoms with Crippen molar-refractivity contribution in [1.82, 2.24) is 5.43 Å². The Balaban J connectivity index is 2.12. The lowest BCUT2D eigenvalue weighted by Gasteiger charge is -2.08. The van der Waals surface area contributed by atoms with E-state index in [1.807, 2.05) is 36.4 Å². The van der Waals surface area contributed by atoms with Gasteiger partial charge in [-0.25, -0.2) is 5.43 Å². The topological polar surface area (TPSA) is 70.9 Å². The van der Waals surface area contributed by atoms with Crippen molar-refractivity contribution in [2.75, 3.05) is 6.61 Å². The van der Waals surface area contributed by atoms with E-state index in [0.717, 1.165) is 5.56 Å². The van der Waals surface area contributed by atoms with E-state index in [1.54, 1.807) is 30.3 Å². The first kappa shape index (κ1) is 18.5. The molecule has 2 aromatic rings. The molecule has 0 aromatic heterocycles. The Morgan fingerprint density at radius 3 is 2.83 bits per heavy atom. The second-order valence-corrected chi connectivity index (χ2v) is 6.53. The first-order chi connectivity index (χ1) is 11.4. The molecule has 2 rings (SSSR count). The van der Waals surface area contributed by atoms with Crippen molar-refractivity contribution in [3.05, 3.63) is 55.6 Å². The average molecular weight is 459 g/mol. The van der Waals surface area contributed by atoms with Gasteiger partial charge in [0.05, 0.1) is 27.0 Å². The molecular formula is C17H16ClIN2O3. The van der Waals surface area contributed by atoms with Crippen molar-refractivity contribution >= 4 is 46.3 Å². The highest BCUT2D eigenvalue weighted by Gasteiger charge is 2.10. The maximum Gasteiger partial charge on any atom is 0.272 e. The molecular weight excluding hydrogens is 443 g/mol. The van der Waals surface area contributed by atoms with Gasteiger partial charge in [0.1, 0.15) is 0 Å². The van der Waals surface area contributed by atoms with Gasteiger partial charge in [0.15, 0.2) is 11.5 Å². The minimum Gasteiger partial charge on any atom is -0.504 e. The molecule has 0 unspecified atom stereocenters. The summed E-state index contributed by atoms with van der Waals surface area (Å²) in [5.41, 5.74) is 4.45. The quantitative estimate of drug-likeness (QED) is 0.402. The van der Waals surface area contributed by atoms with Gasteiger partial charge >= 0.3 is 0 Å². The van der Waals surface area contributed by atoms with Crippen LogP contribution in [0.15, 0.2) is 35.4 Å². The Kier molecular flexibility index (Phi) is 6.44. The van der Waals surface area contributed by atoms with Crippen molar-refractivity contribution in [2.24, 2.45) is 5.10 Å². The highest BCUT2D eigenvalue weighted by atomic mass is 127. The maximum atomic E-state index is 12.1. The lowest BCUT2D eigenvalue weighted by atomic mass is 10.1. The number of carbonyl (C=O) groups is 1. The second-order valence-electron chi connectivity index (χ2n) is 4.96. The van der Waals surface area contributed by atoms with E-state index in [1.165, 1.54) is 6.21 Å². The zero-order chi connectivity index (χ0) is 17.7. The minimum absolute atomic E-state index is 0.0880. The molecule has 0 aliphatic carbocycles. The minimum atomic E-state index is -0.394. The molecule has 0 spiro atoms. The third-order valence-corrected chi connectivity index (χ3v) is 4.23. The van der Waals surface area contributed by atoms with E-state index >= 15 is 0 Å². The molecule has 24 heavy (non-hydrogen) atoms. The summed E-state index contributed by atoms with van der Waals surface area (Å²) in [4.78, 5) is 12.1. The number of halogens is 2. The number of nitrogens with one attached hydrogen (secondary N) is 1. The van der Waals surface area contributed by atoms with Gasteiger partial charge in [0.2, 0.25) is 0 Å². The van der Waals surface area contributed by atoms with Crippen molar-refractivity contribution < 1.29 is 14.6 Å². The standard InChI is InChI=1S/C17H16ClIN2O3/c1-3-24-15-8-11(7-14(19)16(15)22)9-20-21-17(23)12-5-4-10(2)6-13(12)18/h4-9,22H,3H2,1-2H3,(H,21,23). The molecule has 0 radical (unpaired) electrons. The number of phenolic OH excluding ortho intramolecular Hbond substituents is 1. The number of aryl methyl sites for hydroxylation is 1. The molecule has 0 aliphatic rings. The van der Waals surface area contributed by atoms with Gasteiger partial charge in [-0.2, -0.15) is 5.10 Å². The van der Waals surface area contributed by atoms with Crippen molar-refractivity contribution in [2.45, 2.75) is 13.8 Å². The van der Waals surface area contributed by atoms with Crippen molar-refractivity contribution in [3.63, 3.8) is 0 Å². The highest BCUT2D eigenvalue weighted by Crippen LogP contribution is 2.32. The van der Waals surface area contributed by atoms with Crippen LogP contribution < -0.4 is 10.2 Å². The maximum absolute atomic E-state index is 12.1. The van der Waals surface area contributed by atoms with E-state index in [4.69, 9.17) is 16.3 Å². The Morgan fingerprint density at radius 1 is 1.42 bits per heavy atom. The van der Waals surface area contributed by atoms with E-state index in [-0.39, 0.29) is 5.75 Å². The predicted octanol–water partition coefficient (Wildman–Crippen LogP) is 4.12. The van der Waals surface area contributed by atoms with Crippen LogP contribution in [-0.2, 0) is 0 Å². The number of rotatable bonds is 5. The molecule has 0 saturated heterocycles. The lowest BCUT2D eigenvalue weighted by Crippen LogP contribution is -2.18. The van der Waals surface area contributed by atoms with E-state index in [9.17, 15) is 9.90 Å². The highest BCUT2D eigenvalue weighted by molar-refractivity contribution is 14.1. The third-order valence-electron chi connectivity index (χ3n) is 3.10. The summed E-state index contributed by atoms with van der Waals surface area (Å²) in [6, 6.07) is 8.56. The fraction of sp³-hybridized carbons (Fsp3) is 0.176. The Hall–Kier alpha value is -1.80. The summed E-state index contributed by atoms with van der Waals surface area (Å²) in [5.74, 6) is 0.0681. The number of hydrogen-bond acceptors (Lipinski definition) is 4. The largest absolute Gasteiger partial charge is 0.504 e. The number of ether oxygens (including phenoxy) is 1. The Morgan fingerprint density at radius 2 is 2.17 bits per heavy atom. The van der Waals surface area contributed by atoms with Crippen molar-refractivity contribution in [3.8, 4) is 11.5 Å². The zero-order valence-electron chi connectivity index (χ0n) is 13.1.